The Bertz CT molecular complexity index is 1670. The van der Waals surface area contributed by atoms with Gasteiger partial charge in [-0.2, -0.15) is 13.0 Å². The Morgan fingerprint density at radius 3 is 2.49 bits per heavy atom. The highest BCUT2D eigenvalue weighted by molar-refractivity contribution is 8.03. The standard InChI is InChI=1S/C25H26Cl2N2O6S4/c1-2-17(13-24-28(9-3-11-38(30,31)32)20-15-18(26)5-7-22(20)36-24)14-25-29(10-4-12-39(33,34)35)21-16-19(27)6-8-23(21)37-25/h5-8,13-16H,2-4,9-12H2,1H3,(H-,30,31,32,33,34,35). The molecule has 0 radical (unpaired) electrons. The highest BCUT2D eigenvalue weighted by atomic mass is 35.5. The van der Waals surface area contributed by atoms with E-state index >= 15 is 0 Å². The third kappa shape index (κ3) is 8.20. The fourth-order valence-corrected chi connectivity index (χ4v) is 7.79. The van der Waals surface area contributed by atoms with E-state index in [1.165, 1.54) is 11.3 Å². The summed E-state index contributed by atoms with van der Waals surface area (Å²) in [6, 6.07) is 11.1. The Balaban J connectivity index is 1.71. The number of fused-ring (bicyclic) bond motifs is 2. The maximum Gasteiger partial charge on any atom is 0.264 e. The molecule has 0 bridgehead atoms. The molecule has 0 saturated heterocycles. The first-order valence-electron chi connectivity index (χ1n) is 12.0. The van der Waals surface area contributed by atoms with E-state index in [4.69, 9.17) is 23.2 Å². The van der Waals surface area contributed by atoms with Gasteiger partial charge in [-0.3, -0.25) is 4.55 Å². The van der Waals surface area contributed by atoms with Crippen molar-refractivity contribution in [3.8, 4) is 0 Å². The zero-order valence-electron chi connectivity index (χ0n) is 20.8. The van der Waals surface area contributed by atoms with Crippen LogP contribution in [-0.2, 0) is 26.8 Å². The first-order valence-corrected chi connectivity index (χ1v) is 17.6. The summed E-state index contributed by atoms with van der Waals surface area (Å²) in [6.07, 6.45) is 5.16. The van der Waals surface area contributed by atoms with Gasteiger partial charge < -0.3 is 9.45 Å². The van der Waals surface area contributed by atoms with E-state index in [0.717, 1.165) is 36.4 Å². The Kier molecular flexibility index (Phi) is 9.70. The third-order valence-corrected chi connectivity index (χ3v) is 10.3. The molecule has 0 aliphatic carbocycles. The van der Waals surface area contributed by atoms with Crippen LogP contribution in [0.1, 0.15) is 31.2 Å². The van der Waals surface area contributed by atoms with Crippen LogP contribution in [0.5, 0.6) is 0 Å². The molecule has 3 aromatic rings. The first kappa shape index (κ1) is 30.3. The minimum atomic E-state index is -4.33. The summed E-state index contributed by atoms with van der Waals surface area (Å²) in [4.78, 5) is 2.98. The average molecular weight is 650 g/mol. The van der Waals surface area contributed by atoms with Crippen molar-refractivity contribution in [1.82, 2.24) is 0 Å². The number of anilines is 1. The smallest absolute Gasteiger partial charge is 0.264 e. The van der Waals surface area contributed by atoms with Gasteiger partial charge in [0.15, 0.2) is 6.54 Å². The molecule has 210 valence electrons. The maximum atomic E-state index is 11.3. The number of allylic oxidation sites excluding steroid dienone is 2. The summed E-state index contributed by atoms with van der Waals surface area (Å²) >= 11 is 15.6. The molecule has 2 heterocycles. The van der Waals surface area contributed by atoms with Gasteiger partial charge in [0, 0.05) is 45.8 Å². The van der Waals surface area contributed by atoms with E-state index < -0.39 is 26.0 Å². The SMILES string of the molecule is CCC(=Cc1sc2ccc(Cl)cc2[n+]1CCCS(=O)(=O)[O-])/C=C1\Sc2ccc(Cl)cc2N1CCCS(=O)(=O)O. The lowest BCUT2D eigenvalue weighted by atomic mass is 10.2. The molecule has 14 heteroatoms. The van der Waals surface area contributed by atoms with Gasteiger partial charge in [-0.15, -0.1) is 0 Å². The van der Waals surface area contributed by atoms with Crippen molar-refractivity contribution in [2.24, 2.45) is 0 Å². The molecule has 0 fully saturated rings. The Hall–Kier alpha value is -1.64. The van der Waals surface area contributed by atoms with E-state index in [-0.39, 0.29) is 18.6 Å². The summed E-state index contributed by atoms with van der Waals surface area (Å²) in [6.45, 7) is 2.73. The lowest BCUT2D eigenvalue weighted by molar-refractivity contribution is -0.668. The minimum Gasteiger partial charge on any atom is -0.748 e. The molecule has 2 aromatic carbocycles. The molecule has 1 N–H and O–H groups in total. The second kappa shape index (κ2) is 12.5. The van der Waals surface area contributed by atoms with E-state index in [9.17, 15) is 25.9 Å². The van der Waals surface area contributed by atoms with Gasteiger partial charge in [0.25, 0.3) is 15.1 Å². The van der Waals surface area contributed by atoms with E-state index in [1.54, 1.807) is 23.9 Å². The van der Waals surface area contributed by atoms with E-state index in [1.807, 2.05) is 52.8 Å². The van der Waals surface area contributed by atoms with E-state index in [2.05, 4.69) is 0 Å². The van der Waals surface area contributed by atoms with Crippen LogP contribution in [0.3, 0.4) is 0 Å². The van der Waals surface area contributed by atoms with Crippen molar-refractivity contribution in [3.05, 3.63) is 68.1 Å². The van der Waals surface area contributed by atoms with Crippen LogP contribution in [0.4, 0.5) is 5.69 Å². The summed E-state index contributed by atoms with van der Waals surface area (Å²) < 4.78 is 68.3. The Labute approximate surface area is 246 Å². The normalized spacial score (nSPS) is 15.5. The predicted octanol–water partition coefficient (Wildman–Crippen LogP) is 5.96. The van der Waals surface area contributed by atoms with Gasteiger partial charge in [-0.05, 0) is 54.8 Å². The number of hydrogen-bond donors (Lipinski definition) is 1. The summed E-state index contributed by atoms with van der Waals surface area (Å²) in [7, 11) is -8.41. The largest absolute Gasteiger partial charge is 0.748 e. The topological polar surface area (TPSA) is 119 Å². The second-order valence-corrected chi connectivity index (χ2v) is 15.0. The van der Waals surface area contributed by atoms with Gasteiger partial charge in [0.2, 0.25) is 5.52 Å². The highest BCUT2D eigenvalue weighted by Gasteiger charge is 2.26. The molecule has 0 atom stereocenters. The molecule has 8 nitrogen and oxygen atoms in total. The van der Waals surface area contributed by atoms with Gasteiger partial charge in [0.1, 0.15) is 4.70 Å². The van der Waals surface area contributed by atoms with Gasteiger partial charge in [-0.25, -0.2) is 8.42 Å². The lowest BCUT2D eigenvalue weighted by Crippen LogP contribution is -2.36. The number of hydrogen-bond acceptors (Lipinski definition) is 8. The van der Waals surface area contributed by atoms with Crippen LogP contribution in [0.2, 0.25) is 10.0 Å². The lowest BCUT2D eigenvalue weighted by Gasteiger charge is -2.20. The van der Waals surface area contributed by atoms with Crippen molar-refractivity contribution in [2.45, 2.75) is 37.6 Å². The van der Waals surface area contributed by atoms with Gasteiger partial charge in [0.05, 0.1) is 26.6 Å². The maximum absolute atomic E-state index is 11.3. The minimum absolute atomic E-state index is 0.172. The Morgan fingerprint density at radius 2 is 1.79 bits per heavy atom. The molecule has 0 saturated carbocycles. The van der Waals surface area contributed by atoms with Crippen molar-refractivity contribution in [2.75, 3.05) is 23.0 Å². The number of thioether (sulfide) groups is 1. The fraction of sp³-hybridized carbons (Fsp3) is 0.320. The Morgan fingerprint density at radius 1 is 1.08 bits per heavy atom. The van der Waals surface area contributed by atoms with Crippen LogP contribution in [0, 0.1) is 0 Å². The number of benzene rings is 2. The van der Waals surface area contributed by atoms with Crippen molar-refractivity contribution in [3.63, 3.8) is 0 Å². The molecule has 0 unspecified atom stereocenters. The molecule has 1 aliphatic rings. The summed E-state index contributed by atoms with van der Waals surface area (Å²) in [5.74, 6) is -0.807. The van der Waals surface area contributed by atoms with Crippen LogP contribution in [0.15, 0.2) is 58.0 Å². The number of aryl methyl sites for hydroxylation is 1. The quantitative estimate of drug-likeness (QED) is 0.200. The van der Waals surface area contributed by atoms with Gasteiger partial charge >= 0.3 is 0 Å². The number of rotatable bonds is 11. The monoisotopic (exact) mass is 648 g/mol. The number of aromatic nitrogens is 1. The van der Waals surface area contributed by atoms with Crippen molar-refractivity contribution in [1.29, 1.82) is 0 Å². The summed E-state index contributed by atoms with van der Waals surface area (Å²) in [5, 5.41) is 2.89. The summed E-state index contributed by atoms with van der Waals surface area (Å²) in [5.41, 5.74) is 2.71. The fourth-order valence-electron chi connectivity index (χ4n) is 4.19. The van der Waals surface area contributed by atoms with Crippen LogP contribution < -0.4 is 9.47 Å². The van der Waals surface area contributed by atoms with Crippen LogP contribution >= 0.6 is 46.3 Å². The molecule has 39 heavy (non-hydrogen) atoms. The molecule has 0 amide bonds. The zero-order chi connectivity index (χ0) is 28.4. The number of nitrogens with zero attached hydrogens (tertiary/aromatic N) is 2. The number of halogens is 2. The predicted molar refractivity (Wildman–Crippen MR) is 158 cm³/mol. The highest BCUT2D eigenvalue weighted by Crippen LogP contribution is 2.47. The second-order valence-electron chi connectivity index (χ2n) is 8.88. The zero-order valence-corrected chi connectivity index (χ0v) is 25.6. The molecule has 1 aliphatic heterocycles. The third-order valence-electron chi connectivity index (χ3n) is 5.97. The average Bonchev–Trinajstić information content (AvgIpc) is 3.34. The molecular weight excluding hydrogens is 623 g/mol. The van der Waals surface area contributed by atoms with Crippen LogP contribution in [0.25, 0.3) is 16.3 Å². The number of thiazole rings is 1. The molecule has 0 spiro atoms. The van der Waals surface area contributed by atoms with Crippen molar-refractivity contribution < 1.29 is 30.5 Å². The molecule has 1 aromatic heterocycles. The molecule has 4 rings (SSSR count). The van der Waals surface area contributed by atoms with Crippen LogP contribution in [-0.4, -0.2) is 44.0 Å². The van der Waals surface area contributed by atoms with Gasteiger partial charge in [-0.1, -0.05) is 53.2 Å². The van der Waals surface area contributed by atoms with E-state index in [0.29, 0.717) is 29.6 Å². The van der Waals surface area contributed by atoms with Crippen molar-refractivity contribution >= 4 is 88.5 Å². The molecular formula is C25H26Cl2N2O6S4. The first-order chi connectivity index (χ1) is 18.3.